The number of carboxylic acids is 1. The lowest BCUT2D eigenvalue weighted by Gasteiger charge is -2.41. The molecule has 1 saturated heterocycles. The van der Waals surface area contributed by atoms with Crippen molar-refractivity contribution in [3.8, 4) is 0 Å². The zero-order valence-electron chi connectivity index (χ0n) is 9.53. The van der Waals surface area contributed by atoms with Gasteiger partial charge in [-0.05, 0) is 26.2 Å². The van der Waals surface area contributed by atoms with Gasteiger partial charge in [0.25, 0.3) is 0 Å². The van der Waals surface area contributed by atoms with Crippen LogP contribution >= 0.6 is 0 Å². The first kappa shape index (κ1) is 12.8. The van der Waals surface area contributed by atoms with Crippen LogP contribution in [-0.2, 0) is 4.79 Å². The highest BCUT2D eigenvalue weighted by Gasteiger charge is 2.43. The second-order valence-electron chi connectivity index (χ2n) is 4.21. The molecule has 1 heterocycles. The summed E-state index contributed by atoms with van der Waals surface area (Å²) in [7, 11) is 0. The van der Waals surface area contributed by atoms with E-state index in [1.54, 1.807) is 6.92 Å². The van der Waals surface area contributed by atoms with Gasteiger partial charge in [-0.1, -0.05) is 0 Å². The fourth-order valence-corrected chi connectivity index (χ4v) is 1.94. The summed E-state index contributed by atoms with van der Waals surface area (Å²) in [4.78, 5) is 24.4. The molecule has 0 aliphatic carbocycles. The Hall–Kier alpha value is -1.30. The lowest BCUT2D eigenvalue weighted by atomic mass is 9.89. The minimum atomic E-state index is -1.09. The highest BCUT2D eigenvalue weighted by molar-refractivity contribution is 5.86. The summed E-state index contributed by atoms with van der Waals surface area (Å²) in [6.07, 6.45) is 2.18. The summed E-state index contributed by atoms with van der Waals surface area (Å²) in [6, 6.07) is -0.338. The molecular formula is C10H19N3O3. The van der Waals surface area contributed by atoms with E-state index in [2.05, 4.69) is 5.32 Å². The lowest BCUT2D eigenvalue weighted by molar-refractivity contribution is -0.150. The van der Waals surface area contributed by atoms with Crippen LogP contribution in [-0.4, -0.2) is 47.2 Å². The molecular weight excluding hydrogens is 210 g/mol. The predicted octanol–water partition coefficient (Wildman–Crippen LogP) is -0.0161. The van der Waals surface area contributed by atoms with Crippen LogP contribution in [0.4, 0.5) is 4.79 Å². The monoisotopic (exact) mass is 229 g/mol. The zero-order chi connectivity index (χ0) is 12.2. The third kappa shape index (κ3) is 2.44. The number of nitrogens with zero attached hydrogens (tertiary/aromatic N) is 1. The summed E-state index contributed by atoms with van der Waals surface area (Å²) >= 11 is 0. The van der Waals surface area contributed by atoms with Crippen LogP contribution in [0.3, 0.4) is 0 Å². The van der Waals surface area contributed by atoms with Crippen molar-refractivity contribution in [3.63, 3.8) is 0 Å². The predicted molar refractivity (Wildman–Crippen MR) is 59.1 cm³/mol. The molecule has 1 rings (SSSR count). The van der Waals surface area contributed by atoms with E-state index in [9.17, 15) is 14.7 Å². The number of piperidine rings is 1. The molecule has 0 aromatic rings. The summed E-state index contributed by atoms with van der Waals surface area (Å²) in [5.74, 6) is -0.949. The van der Waals surface area contributed by atoms with E-state index in [0.29, 0.717) is 26.1 Å². The topological polar surface area (TPSA) is 95.7 Å². The van der Waals surface area contributed by atoms with Gasteiger partial charge in [-0.3, -0.25) is 0 Å². The number of urea groups is 1. The number of nitrogens with one attached hydrogen (secondary N) is 1. The molecule has 0 aromatic carbocycles. The number of carbonyl (C=O) groups is 2. The van der Waals surface area contributed by atoms with Crippen LogP contribution in [0.5, 0.6) is 0 Å². The number of hydrogen-bond acceptors (Lipinski definition) is 3. The average Bonchev–Trinajstić information content (AvgIpc) is 2.26. The van der Waals surface area contributed by atoms with E-state index in [1.807, 2.05) is 0 Å². The molecule has 0 spiro atoms. The number of amides is 2. The average molecular weight is 229 g/mol. The standard InChI is InChI=1S/C10H19N3O3/c1-10(8(14)15)4-2-3-7-13(10)9(16)12-6-5-11/h2-7,11H2,1H3,(H,12,16)(H,14,15). The first-order valence-corrected chi connectivity index (χ1v) is 5.51. The van der Waals surface area contributed by atoms with Crippen LogP contribution in [0.1, 0.15) is 26.2 Å². The van der Waals surface area contributed by atoms with Crippen LogP contribution in [0.2, 0.25) is 0 Å². The van der Waals surface area contributed by atoms with Crippen molar-refractivity contribution in [2.45, 2.75) is 31.7 Å². The van der Waals surface area contributed by atoms with Crippen molar-refractivity contribution in [2.75, 3.05) is 19.6 Å². The first-order chi connectivity index (χ1) is 7.52. The van der Waals surface area contributed by atoms with E-state index >= 15 is 0 Å². The third-order valence-corrected chi connectivity index (χ3v) is 3.02. The maximum atomic E-state index is 11.8. The van der Waals surface area contributed by atoms with Gasteiger partial charge in [-0.2, -0.15) is 0 Å². The second-order valence-corrected chi connectivity index (χ2v) is 4.21. The Balaban J connectivity index is 2.74. The largest absolute Gasteiger partial charge is 0.480 e. The zero-order valence-corrected chi connectivity index (χ0v) is 9.53. The molecule has 0 radical (unpaired) electrons. The number of likely N-dealkylation sites (tertiary alicyclic amines) is 1. The molecule has 1 fully saturated rings. The molecule has 92 valence electrons. The summed E-state index contributed by atoms with van der Waals surface area (Å²) < 4.78 is 0. The quantitative estimate of drug-likeness (QED) is 0.634. The molecule has 1 aliphatic heterocycles. The molecule has 1 aliphatic rings. The smallest absolute Gasteiger partial charge is 0.329 e. The van der Waals surface area contributed by atoms with Crippen molar-refractivity contribution in [2.24, 2.45) is 5.73 Å². The van der Waals surface area contributed by atoms with Gasteiger partial charge in [0.2, 0.25) is 0 Å². The van der Waals surface area contributed by atoms with Crippen molar-refractivity contribution >= 4 is 12.0 Å². The van der Waals surface area contributed by atoms with Gasteiger partial charge in [-0.15, -0.1) is 0 Å². The normalized spacial score (nSPS) is 25.2. The molecule has 16 heavy (non-hydrogen) atoms. The number of carbonyl (C=O) groups excluding carboxylic acids is 1. The van der Waals surface area contributed by atoms with E-state index in [-0.39, 0.29) is 6.03 Å². The van der Waals surface area contributed by atoms with Gasteiger partial charge >= 0.3 is 12.0 Å². The summed E-state index contributed by atoms with van der Waals surface area (Å²) in [5, 5.41) is 11.8. The SMILES string of the molecule is CC1(C(=O)O)CCCCN1C(=O)NCCN. The molecule has 4 N–H and O–H groups in total. The summed E-state index contributed by atoms with van der Waals surface area (Å²) in [5.41, 5.74) is 4.20. The van der Waals surface area contributed by atoms with Crippen molar-refractivity contribution in [1.82, 2.24) is 10.2 Å². The molecule has 6 nitrogen and oxygen atoms in total. The Labute approximate surface area is 94.8 Å². The van der Waals surface area contributed by atoms with E-state index in [4.69, 9.17) is 5.73 Å². The Bertz CT molecular complexity index is 282. The van der Waals surface area contributed by atoms with Gasteiger partial charge < -0.3 is 21.1 Å². The molecule has 0 saturated carbocycles. The number of nitrogens with two attached hydrogens (primary N) is 1. The van der Waals surface area contributed by atoms with Gasteiger partial charge in [0, 0.05) is 19.6 Å². The maximum absolute atomic E-state index is 11.8. The van der Waals surface area contributed by atoms with Gasteiger partial charge in [0.1, 0.15) is 5.54 Å². The van der Waals surface area contributed by atoms with Crippen molar-refractivity contribution in [1.29, 1.82) is 0 Å². The van der Waals surface area contributed by atoms with Gasteiger partial charge in [0.05, 0.1) is 0 Å². The minimum Gasteiger partial charge on any atom is -0.480 e. The fourth-order valence-electron chi connectivity index (χ4n) is 1.94. The van der Waals surface area contributed by atoms with Crippen LogP contribution in [0.15, 0.2) is 0 Å². The van der Waals surface area contributed by atoms with Crippen LogP contribution < -0.4 is 11.1 Å². The van der Waals surface area contributed by atoms with Crippen molar-refractivity contribution in [3.05, 3.63) is 0 Å². The lowest BCUT2D eigenvalue weighted by Crippen LogP contribution is -2.60. The highest BCUT2D eigenvalue weighted by atomic mass is 16.4. The number of aliphatic carboxylic acids is 1. The molecule has 0 bridgehead atoms. The molecule has 2 amide bonds. The van der Waals surface area contributed by atoms with Crippen molar-refractivity contribution < 1.29 is 14.7 Å². The fraction of sp³-hybridized carbons (Fsp3) is 0.800. The second kappa shape index (κ2) is 5.16. The Morgan fingerprint density at radius 3 is 2.75 bits per heavy atom. The summed E-state index contributed by atoms with van der Waals surface area (Å²) in [6.45, 7) is 2.80. The minimum absolute atomic E-state index is 0.338. The third-order valence-electron chi connectivity index (χ3n) is 3.02. The van der Waals surface area contributed by atoms with Gasteiger partial charge in [0.15, 0.2) is 0 Å². The van der Waals surface area contributed by atoms with E-state index in [0.717, 1.165) is 12.8 Å². The number of hydrogen-bond donors (Lipinski definition) is 3. The number of rotatable bonds is 3. The molecule has 1 unspecified atom stereocenters. The Kier molecular flexibility index (Phi) is 4.12. The maximum Gasteiger partial charge on any atom is 0.329 e. The van der Waals surface area contributed by atoms with Crippen LogP contribution in [0, 0.1) is 0 Å². The van der Waals surface area contributed by atoms with E-state index in [1.165, 1.54) is 4.90 Å². The van der Waals surface area contributed by atoms with Gasteiger partial charge in [-0.25, -0.2) is 9.59 Å². The Morgan fingerprint density at radius 2 is 2.19 bits per heavy atom. The van der Waals surface area contributed by atoms with E-state index < -0.39 is 11.5 Å². The highest BCUT2D eigenvalue weighted by Crippen LogP contribution is 2.28. The number of carboxylic acid groups (broad SMARTS) is 1. The van der Waals surface area contributed by atoms with Crippen LogP contribution in [0.25, 0.3) is 0 Å². The molecule has 6 heteroatoms. The first-order valence-electron chi connectivity index (χ1n) is 5.51. The Morgan fingerprint density at radius 1 is 1.50 bits per heavy atom. The molecule has 1 atom stereocenters. The molecule has 0 aromatic heterocycles.